The maximum Gasteiger partial charge on any atom is 0.435 e. The van der Waals surface area contributed by atoms with Crippen LogP contribution in [0.4, 0.5) is 13.2 Å². The predicted octanol–water partition coefficient (Wildman–Crippen LogP) is 5.08. The molecule has 0 amide bonds. The van der Waals surface area contributed by atoms with Crippen LogP contribution < -0.4 is 4.74 Å². The van der Waals surface area contributed by atoms with Crippen molar-refractivity contribution in [3.05, 3.63) is 84.1 Å². The van der Waals surface area contributed by atoms with Crippen LogP contribution in [0.15, 0.2) is 67.0 Å². The average molecular weight is 439 g/mol. The van der Waals surface area contributed by atoms with Crippen molar-refractivity contribution in [2.45, 2.75) is 25.4 Å². The zero-order chi connectivity index (χ0) is 22.9. The fourth-order valence-corrected chi connectivity index (χ4v) is 3.31. The smallest absolute Gasteiger partial charge is 0.435 e. The van der Waals surface area contributed by atoms with Crippen LogP contribution >= 0.6 is 0 Å². The molecule has 0 aliphatic carbocycles. The van der Waals surface area contributed by atoms with Gasteiger partial charge in [-0.3, -0.25) is 4.98 Å². The molecule has 0 aliphatic rings. The van der Waals surface area contributed by atoms with Gasteiger partial charge in [-0.25, -0.2) is 14.6 Å². The molecule has 0 fully saturated rings. The topological polar surface area (TPSA) is 65.7 Å². The molecule has 0 aromatic carbocycles. The summed E-state index contributed by atoms with van der Waals surface area (Å²) in [4.78, 5) is 13.6. The third-order valence-electron chi connectivity index (χ3n) is 5.12. The third-order valence-corrected chi connectivity index (χ3v) is 5.12. The normalized spacial score (nSPS) is 12.1. The summed E-state index contributed by atoms with van der Waals surface area (Å²) in [6, 6.07) is 15.4. The first-order chi connectivity index (χ1) is 15.2. The predicted molar refractivity (Wildman–Crippen MR) is 113 cm³/mol. The highest BCUT2D eigenvalue weighted by atomic mass is 19.4. The lowest BCUT2D eigenvalue weighted by Gasteiger charge is -2.24. The Bertz CT molecular complexity index is 1250. The van der Waals surface area contributed by atoms with Crippen LogP contribution in [0.25, 0.3) is 17.1 Å². The highest BCUT2D eigenvalue weighted by molar-refractivity contribution is 5.65. The molecular weight excluding hydrogens is 419 g/mol. The van der Waals surface area contributed by atoms with Crippen molar-refractivity contribution in [3.8, 4) is 23.0 Å². The maximum atomic E-state index is 12.9. The van der Waals surface area contributed by atoms with E-state index >= 15 is 0 Å². The van der Waals surface area contributed by atoms with Crippen LogP contribution in [0, 0.1) is 0 Å². The molecule has 9 heteroatoms. The second-order valence-electron chi connectivity index (χ2n) is 7.62. The van der Waals surface area contributed by atoms with Crippen molar-refractivity contribution in [1.82, 2.24) is 24.7 Å². The molecule has 4 aromatic heterocycles. The first kappa shape index (κ1) is 21.5. The molecular formula is C23H20F3N5O. The second kappa shape index (κ2) is 8.07. The van der Waals surface area contributed by atoms with E-state index in [1.807, 2.05) is 50.2 Å². The van der Waals surface area contributed by atoms with Crippen LogP contribution in [0.2, 0.25) is 0 Å². The van der Waals surface area contributed by atoms with Gasteiger partial charge in [0.2, 0.25) is 5.88 Å². The summed E-state index contributed by atoms with van der Waals surface area (Å²) in [5, 5.41) is 3.61. The van der Waals surface area contributed by atoms with Gasteiger partial charge in [0.25, 0.3) is 0 Å². The largest absolute Gasteiger partial charge is 0.481 e. The first-order valence-corrected chi connectivity index (χ1v) is 9.78. The summed E-state index contributed by atoms with van der Waals surface area (Å²) in [6.07, 6.45) is -1.62. The van der Waals surface area contributed by atoms with Gasteiger partial charge in [-0.2, -0.15) is 18.3 Å². The van der Waals surface area contributed by atoms with E-state index in [4.69, 9.17) is 9.72 Å². The SMILES string of the molecule is COc1ncccc1-c1cccc(C(C)(C)c2cccc(-n3ccc(C(F)(F)F)n3)n2)n1. The number of rotatable bonds is 5. The molecule has 0 atom stereocenters. The van der Waals surface area contributed by atoms with Crippen molar-refractivity contribution in [2.24, 2.45) is 0 Å². The number of pyridine rings is 3. The van der Waals surface area contributed by atoms with Gasteiger partial charge in [0.1, 0.15) is 0 Å². The summed E-state index contributed by atoms with van der Waals surface area (Å²) < 4.78 is 45.2. The zero-order valence-electron chi connectivity index (χ0n) is 17.6. The van der Waals surface area contributed by atoms with Crippen LogP contribution in [0.5, 0.6) is 5.88 Å². The summed E-state index contributed by atoms with van der Waals surface area (Å²) in [5.41, 5.74) is 1.22. The van der Waals surface area contributed by atoms with Gasteiger partial charge in [-0.1, -0.05) is 12.1 Å². The molecule has 4 aromatic rings. The van der Waals surface area contributed by atoms with Crippen molar-refractivity contribution < 1.29 is 17.9 Å². The third kappa shape index (κ3) is 4.05. The van der Waals surface area contributed by atoms with Crippen molar-refractivity contribution in [2.75, 3.05) is 7.11 Å². The molecule has 0 saturated heterocycles. The summed E-state index contributed by atoms with van der Waals surface area (Å²) in [7, 11) is 1.55. The van der Waals surface area contributed by atoms with E-state index in [1.54, 1.807) is 25.4 Å². The van der Waals surface area contributed by atoms with E-state index in [9.17, 15) is 13.2 Å². The molecule has 164 valence electrons. The number of halogens is 3. The number of methoxy groups -OCH3 is 1. The highest BCUT2D eigenvalue weighted by Gasteiger charge is 2.34. The van der Waals surface area contributed by atoms with Gasteiger partial charge < -0.3 is 4.74 Å². The van der Waals surface area contributed by atoms with E-state index in [2.05, 4.69) is 15.1 Å². The lowest BCUT2D eigenvalue weighted by Crippen LogP contribution is -2.23. The van der Waals surface area contributed by atoms with E-state index in [0.717, 1.165) is 22.0 Å². The molecule has 0 bridgehead atoms. The van der Waals surface area contributed by atoms with Crippen LogP contribution in [0.3, 0.4) is 0 Å². The van der Waals surface area contributed by atoms with Gasteiger partial charge in [0.05, 0.1) is 29.8 Å². The number of aromatic nitrogens is 5. The first-order valence-electron chi connectivity index (χ1n) is 9.78. The van der Waals surface area contributed by atoms with Gasteiger partial charge in [0.15, 0.2) is 11.5 Å². The quantitative estimate of drug-likeness (QED) is 0.434. The summed E-state index contributed by atoms with van der Waals surface area (Å²) >= 11 is 0. The van der Waals surface area contributed by atoms with Gasteiger partial charge in [-0.15, -0.1) is 0 Å². The molecule has 0 spiro atoms. The van der Waals surface area contributed by atoms with E-state index in [0.29, 0.717) is 17.3 Å². The van der Waals surface area contributed by atoms with Crippen molar-refractivity contribution in [3.63, 3.8) is 0 Å². The second-order valence-corrected chi connectivity index (χ2v) is 7.62. The number of hydrogen-bond acceptors (Lipinski definition) is 5. The Morgan fingerprint density at radius 2 is 1.56 bits per heavy atom. The number of alkyl halides is 3. The minimum absolute atomic E-state index is 0.288. The highest BCUT2D eigenvalue weighted by Crippen LogP contribution is 2.33. The van der Waals surface area contributed by atoms with E-state index < -0.39 is 17.3 Å². The van der Waals surface area contributed by atoms with Crippen LogP contribution in [-0.4, -0.2) is 31.8 Å². The standard InChI is InChI=1S/C23H20F3N5O/c1-22(2,17-9-4-8-16(28-17)15-7-6-13-27-21(15)32-3)18-10-5-11-20(29-18)31-14-12-19(30-31)23(24,25)26/h4-14H,1-3H3. The molecule has 32 heavy (non-hydrogen) atoms. The average Bonchev–Trinajstić information content (AvgIpc) is 3.30. The monoisotopic (exact) mass is 439 g/mol. The Hall–Kier alpha value is -3.75. The molecule has 0 unspecified atom stereocenters. The fraction of sp³-hybridized carbons (Fsp3) is 0.217. The van der Waals surface area contributed by atoms with Crippen molar-refractivity contribution in [1.29, 1.82) is 0 Å². The fourth-order valence-electron chi connectivity index (χ4n) is 3.31. The molecule has 0 aliphatic heterocycles. The Morgan fingerprint density at radius 3 is 2.25 bits per heavy atom. The van der Waals surface area contributed by atoms with Gasteiger partial charge in [0, 0.05) is 17.8 Å². The summed E-state index contributed by atoms with van der Waals surface area (Å²) in [5.74, 6) is 0.755. The minimum atomic E-state index is -4.51. The number of nitrogens with zero attached hydrogens (tertiary/aromatic N) is 5. The molecule has 0 radical (unpaired) electrons. The number of ether oxygens (including phenoxy) is 1. The Kier molecular flexibility index (Phi) is 5.41. The van der Waals surface area contributed by atoms with Crippen LogP contribution in [0.1, 0.15) is 30.9 Å². The lowest BCUT2D eigenvalue weighted by molar-refractivity contribution is -0.141. The zero-order valence-corrected chi connectivity index (χ0v) is 17.6. The Labute approximate surface area is 182 Å². The Balaban J connectivity index is 1.72. The Morgan fingerprint density at radius 1 is 0.844 bits per heavy atom. The number of hydrogen-bond donors (Lipinski definition) is 0. The van der Waals surface area contributed by atoms with E-state index in [-0.39, 0.29) is 5.82 Å². The lowest BCUT2D eigenvalue weighted by atomic mass is 9.84. The molecule has 0 N–H and O–H groups in total. The van der Waals surface area contributed by atoms with Gasteiger partial charge >= 0.3 is 6.18 Å². The molecule has 6 nitrogen and oxygen atoms in total. The summed E-state index contributed by atoms with van der Waals surface area (Å²) in [6.45, 7) is 3.91. The molecule has 0 saturated carbocycles. The molecule has 4 heterocycles. The minimum Gasteiger partial charge on any atom is -0.481 e. The van der Waals surface area contributed by atoms with Gasteiger partial charge in [-0.05, 0) is 56.3 Å². The maximum absolute atomic E-state index is 12.9. The van der Waals surface area contributed by atoms with Crippen LogP contribution in [-0.2, 0) is 11.6 Å². The van der Waals surface area contributed by atoms with Crippen molar-refractivity contribution >= 4 is 0 Å². The van der Waals surface area contributed by atoms with E-state index in [1.165, 1.54) is 6.20 Å². The molecule has 4 rings (SSSR count).